The molecule has 0 radical (unpaired) electrons. The van der Waals surface area contributed by atoms with Crippen molar-refractivity contribution in [2.24, 2.45) is 5.73 Å². The lowest BCUT2D eigenvalue weighted by Gasteiger charge is -2.13. The van der Waals surface area contributed by atoms with Gasteiger partial charge in [0.05, 0.1) is 5.56 Å². The standard InChI is InChI=1S/C17H15FN2O4/c1-10(24-17(23)12-3-2-4-13(18)9-12)16(22)20-14-7-5-11(6-8-14)15(19)21/h2-10H,1H3,(H2,19,21)(H,20,22). The largest absolute Gasteiger partial charge is 0.449 e. The molecule has 2 rings (SSSR count). The Morgan fingerprint density at radius 3 is 2.33 bits per heavy atom. The van der Waals surface area contributed by atoms with E-state index >= 15 is 0 Å². The van der Waals surface area contributed by atoms with E-state index in [1.54, 1.807) is 0 Å². The maximum Gasteiger partial charge on any atom is 0.339 e. The zero-order chi connectivity index (χ0) is 17.7. The van der Waals surface area contributed by atoms with Gasteiger partial charge in [0.15, 0.2) is 6.10 Å². The maximum absolute atomic E-state index is 13.1. The minimum Gasteiger partial charge on any atom is -0.449 e. The lowest BCUT2D eigenvalue weighted by Crippen LogP contribution is -2.30. The van der Waals surface area contributed by atoms with Crippen molar-refractivity contribution in [3.63, 3.8) is 0 Å². The molecule has 0 spiro atoms. The van der Waals surface area contributed by atoms with E-state index in [9.17, 15) is 18.8 Å². The van der Waals surface area contributed by atoms with Gasteiger partial charge < -0.3 is 15.8 Å². The molecule has 3 N–H and O–H groups in total. The number of anilines is 1. The second-order valence-electron chi connectivity index (χ2n) is 4.99. The SMILES string of the molecule is CC(OC(=O)c1cccc(F)c1)C(=O)Nc1ccc(C(N)=O)cc1. The third-order valence-electron chi connectivity index (χ3n) is 3.15. The highest BCUT2D eigenvalue weighted by Gasteiger charge is 2.19. The number of rotatable bonds is 5. The van der Waals surface area contributed by atoms with Crippen molar-refractivity contribution < 1.29 is 23.5 Å². The van der Waals surface area contributed by atoms with E-state index in [1.807, 2.05) is 0 Å². The quantitative estimate of drug-likeness (QED) is 0.820. The average molecular weight is 330 g/mol. The summed E-state index contributed by atoms with van der Waals surface area (Å²) in [6, 6.07) is 10.9. The molecule has 2 aromatic rings. The summed E-state index contributed by atoms with van der Waals surface area (Å²) in [5.74, 6) is -2.52. The molecule has 0 heterocycles. The molecule has 0 aromatic heterocycles. The number of halogens is 1. The number of benzene rings is 2. The topological polar surface area (TPSA) is 98.5 Å². The number of esters is 1. The summed E-state index contributed by atoms with van der Waals surface area (Å²) in [4.78, 5) is 34.8. The summed E-state index contributed by atoms with van der Waals surface area (Å²) in [6.07, 6.45) is -1.09. The molecule has 0 aliphatic heterocycles. The molecule has 0 saturated carbocycles. The summed E-state index contributed by atoms with van der Waals surface area (Å²) < 4.78 is 18.1. The van der Waals surface area contributed by atoms with Gasteiger partial charge in [-0.05, 0) is 49.4 Å². The molecule has 1 unspecified atom stereocenters. The first-order valence-electron chi connectivity index (χ1n) is 7.04. The fourth-order valence-electron chi connectivity index (χ4n) is 1.86. The summed E-state index contributed by atoms with van der Waals surface area (Å²) in [6.45, 7) is 1.39. The van der Waals surface area contributed by atoms with E-state index in [1.165, 1.54) is 49.4 Å². The second kappa shape index (κ2) is 7.36. The third-order valence-corrected chi connectivity index (χ3v) is 3.15. The summed E-state index contributed by atoms with van der Waals surface area (Å²) in [5.41, 5.74) is 5.86. The molecule has 0 aliphatic rings. The van der Waals surface area contributed by atoms with Crippen molar-refractivity contribution in [2.75, 3.05) is 5.32 Å². The Labute approximate surface area is 137 Å². The minimum absolute atomic E-state index is 0.0143. The number of ether oxygens (including phenoxy) is 1. The predicted octanol–water partition coefficient (Wildman–Crippen LogP) is 2.11. The molecular formula is C17H15FN2O4. The Morgan fingerprint density at radius 2 is 1.75 bits per heavy atom. The average Bonchev–Trinajstić information content (AvgIpc) is 2.55. The highest BCUT2D eigenvalue weighted by Crippen LogP contribution is 2.11. The van der Waals surface area contributed by atoms with Crippen molar-refractivity contribution in [1.82, 2.24) is 0 Å². The van der Waals surface area contributed by atoms with Crippen molar-refractivity contribution in [3.05, 3.63) is 65.5 Å². The monoisotopic (exact) mass is 330 g/mol. The van der Waals surface area contributed by atoms with Gasteiger partial charge in [-0.15, -0.1) is 0 Å². The third kappa shape index (κ3) is 4.39. The van der Waals surface area contributed by atoms with Crippen LogP contribution < -0.4 is 11.1 Å². The lowest BCUT2D eigenvalue weighted by molar-refractivity contribution is -0.123. The van der Waals surface area contributed by atoms with Crippen LogP contribution in [0.2, 0.25) is 0 Å². The van der Waals surface area contributed by atoms with Crippen molar-refractivity contribution in [1.29, 1.82) is 0 Å². The fourth-order valence-corrected chi connectivity index (χ4v) is 1.86. The molecule has 7 heteroatoms. The number of primary amides is 1. The number of amides is 2. The van der Waals surface area contributed by atoms with E-state index in [0.717, 1.165) is 6.07 Å². The molecular weight excluding hydrogens is 315 g/mol. The second-order valence-corrected chi connectivity index (χ2v) is 4.99. The normalized spacial score (nSPS) is 11.4. The zero-order valence-corrected chi connectivity index (χ0v) is 12.8. The zero-order valence-electron chi connectivity index (χ0n) is 12.8. The first kappa shape index (κ1) is 17.1. The molecule has 6 nitrogen and oxygen atoms in total. The van der Waals surface area contributed by atoms with E-state index < -0.39 is 29.7 Å². The van der Waals surface area contributed by atoms with Crippen LogP contribution in [0.25, 0.3) is 0 Å². The molecule has 1 atom stereocenters. The Balaban J connectivity index is 1.96. The van der Waals surface area contributed by atoms with Crippen LogP contribution >= 0.6 is 0 Å². The molecule has 0 bridgehead atoms. The van der Waals surface area contributed by atoms with E-state index in [0.29, 0.717) is 11.3 Å². The van der Waals surface area contributed by atoms with Gasteiger partial charge in [-0.25, -0.2) is 9.18 Å². The number of hydrogen-bond acceptors (Lipinski definition) is 4. The van der Waals surface area contributed by atoms with Gasteiger partial charge in [-0.2, -0.15) is 0 Å². The Hall–Kier alpha value is -3.22. The Kier molecular flexibility index (Phi) is 5.26. The molecule has 124 valence electrons. The van der Waals surface area contributed by atoms with Crippen LogP contribution in [0.5, 0.6) is 0 Å². The van der Waals surface area contributed by atoms with E-state index in [-0.39, 0.29) is 5.56 Å². The Morgan fingerprint density at radius 1 is 1.08 bits per heavy atom. The molecule has 24 heavy (non-hydrogen) atoms. The van der Waals surface area contributed by atoms with Gasteiger partial charge in [0, 0.05) is 11.3 Å². The van der Waals surface area contributed by atoms with Crippen LogP contribution in [0, 0.1) is 5.82 Å². The number of carbonyl (C=O) groups is 3. The molecule has 0 saturated heterocycles. The van der Waals surface area contributed by atoms with Gasteiger partial charge in [-0.1, -0.05) is 6.07 Å². The predicted molar refractivity (Wildman–Crippen MR) is 84.9 cm³/mol. The van der Waals surface area contributed by atoms with Gasteiger partial charge in [0.1, 0.15) is 5.82 Å². The number of carbonyl (C=O) groups excluding carboxylic acids is 3. The van der Waals surface area contributed by atoms with Crippen LogP contribution in [0.4, 0.5) is 10.1 Å². The fraction of sp³-hybridized carbons (Fsp3) is 0.118. The van der Waals surface area contributed by atoms with Crippen molar-refractivity contribution in [3.8, 4) is 0 Å². The van der Waals surface area contributed by atoms with Crippen LogP contribution in [-0.4, -0.2) is 23.9 Å². The molecule has 0 aliphatic carbocycles. The van der Waals surface area contributed by atoms with Crippen LogP contribution in [0.15, 0.2) is 48.5 Å². The smallest absolute Gasteiger partial charge is 0.339 e. The van der Waals surface area contributed by atoms with Gasteiger partial charge >= 0.3 is 5.97 Å². The number of nitrogens with one attached hydrogen (secondary N) is 1. The minimum atomic E-state index is -1.09. The van der Waals surface area contributed by atoms with E-state index in [4.69, 9.17) is 10.5 Å². The molecule has 2 aromatic carbocycles. The van der Waals surface area contributed by atoms with Gasteiger partial charge in [0.25, 0.3) is 5.91 Å². The van der Waals surface area contributed by atoms with Crippen molar-refractivity contribution in [2.45, 2.75) is 13.0 Å². The highest BCUT2D eigenvalue weighted by atomic mass is 19.1. The molecule has 0 fully saturated rings. The summed E-state index contributed by atoms with van der Waals surface area (Å²) >= 11 is 0. The number of nitrogens with two attached hydrogens (primary N) is 1. The Bertz CT molecular complexity index is 774. The first-order chi connectivity index (χ1) is 11.4. The van der Waals surface area contributed by atoms with Crippen LogP contribution in [0.1, 0.15) is 27.6 Å². The first-order valence-corrected chi connectivity index (χ1v) is 7.04. The van der Waals surface area contributed by atoms with Crippen molar-refractivity contribution >= 4 is 23.5 Å². The summed E-state index contributed by atoms with van der Waals surface area (Å²) in [5, 5.41) is 2.53. The number of hydrogen-bond donors (Lipinski definition) is 2. The lowest BCUT2D eigenvalue weighted by atomic mass is 10.2. The highest BCUT2D eigenvalue weighted by molar-refractivity contribution is 5.98. The van der Waals surface area contributed by atoms with Gasteiger partial charge in [-0.3, -0.25) is 9.59 Å². The molecule has 2 amide bonds. The summed E-state index contributed by atoms with van der Waals surface area (Å²) in [7, 11) is 0. The van der Waals surface area contributed by atoms with Crippen LogP contribution in [0.3, 0.4) is 0 Å². The van der Waals surface area contributed by atoms with Gasteiger partial charge in [0.2, 0.25) is 5.91 Å². The van der Waals surface area contributed by atoms with Crippen LogP contribution in [-0.2, 0) is 9.53 Å². The maximum atomic E-state index is 13.1. The van der Waals surface area contributed by atoms with E-state index in [2.05, 4.69) is 5.32 Å².